The van der Waals surface area contributed by atoms with Gasteiger partial charge >= 0.3 is 0 Å². The number of hydrogen-bond donors (Lipinski definition) is 0. The van der Waals surface area contributed by atoms with Gasteiger partial charge in [-0.15, -0.1) is 11.3 Å². The molecule has 0 radical (unpaired) electrons. The topological polar surface area (TPSA) is 13.1 Å². The summed E-state index contributed by atoms with van der Waals surface area (Å²) in [6, 6.07) is 3.98. The zero-order valence-corrected chi connectivity index (χ0v) is 9.82. The molecule has 0 aliphatic carbocycles. The third-order valence-electron chi connectivity index (χ3n) is 2.14. The molecular formula is C10H12NOS2+. The summed E-state index contributed by atoms with van der Waals surface area (Å²) in [6.07, 6.45) is 0. The van der Waals surface area contributed by atoms with Gasteiger partial charge in [0.1, 0.15) is 0 Å². The van der Waals surface area contributed by atoms with Crippen LogP contribution in [0.2, 0.25) is 0 Å². The molecule has 0 saturated carbocycles. The number of aromatic nitrogens is 1. The summed E-state index contributed by atoms with van der Waals surface area (Å²) in [4.78, 5) is 1.35. The van der Waals surface area contributed by atoms with E-state index in [1.807, 2.05) is 17.5 Å². The first-order valence-corrected chi connectivity index (χ1v) is 6.14. The molecule has 2 heterocycles. The lowest BCUT2D eigenvalue weighted by Crippen LogP contribution is -2.37. The van der Waals surface area contributed by atoms with Gasteiger partial charge in [-0.05, 0) is 24.4 Å². The van der Waals surface area contributed by atoms with Crippen molar-refractivity contribution < 1.29 is 9.30 Å². The predicted molar refractivity (Wildman–Crippen MR) is 58.9 cm³/mol. The molecular weight excluding hydrogens is 214 g/mol. The molecule has 2 rings (SSSR count). The van der Waals surface area contributed by atoms with Gasteiger partial charge in [0.05, 0.1) is 4.88 Å². The van der Waals surface area contributed by atoms with E-state index in [1.165, 1.54) is 10.6 Å². The summed E-state index contributed by atoms with van der Waals surface area (Å²) < 4.78 is 7.74. The average Bonchev–Trinajstić information content (AvgIpc) is 2.77. The number of nitrogens with zero attached hydrogens (tertiary/aromatic N) is 1. The maximum absolute atomic E-state index is 5.61. The maximum atomic E-state index is 5.61. The summed E-state index contributed by atoms with van der Waals surface area (Å²) in [5.41, 5.74) is 3.38. The SMILES string of the molecule is Cc1sc[n+](COc2cccs2)c1C. The van der Waals surface area contributed by atoms with Crippen molar-refractivity contribution in [2.24, 2.45) is 0 Å². The van der Waals surface area contributed by atoms with Crippen molar-refractivity contribution in [2.45, 2.75) is 20.6 Å². The molecule has 2 nitrogen and oxygen atoms in total. The van der Waals surface area contributed by atoms with Gasteiger partial charge in [-0.2, -0.15) is 4.57 Å². The van der Waals surface area contributed by atoms with Gasteiger partial charge in [-0.1, -0.05) is 11.3 Å². The van der Waals surface area contributed by atoms with E-state index in [-0.39, 0.29) is 0 Å². The molecule has 0 spiro atoms. The van der Waals surface area contributed by atoms with E-state index in [4.69, 9.17) is 4.74 Å². The van der Waals surface area contributed by atoms with Crippen LogP contribution in [0.3, 0.4) is 0 Å². The van der Waals surface area contributed by atoms with E-state index >= 15 is 0 Å². The molecule has 0 fully saturated rings. The molecule has 0 atom stereocenters. The number of ether oxygens (including phenoxy) is 1. The Bertz CT molecular complexity index is 406. The van der Waals surface area contributed by atoms with Gasteiger partial charge in [0.2, 0.25) is 5.51 Å². The highest BCUT2D eigenvalue weighted by Gasteiger charge is 2.11. The zero-order valence-electron chi connectivity index (χ0n) is 8.19. The Kier molecular flexibility index (Phi) is 2.84. The molecule has 2 aromatic rings. The van der Waals surface area contributed by atoms with E-state index in [0.717, 1.165) is 5.06 Å². The minimum Gasteiger partial charge on any atom is -0.426 e. The van der Waals surface area contributed by atoms with Crippen molar-refractivity contribution >= 4 is 22.7 Å². The molecule has 0 amide bonds. The normalized spacial score (nSPS) is 10.4. The Hall–Kier alpha value is -0.870. The summed E-state index contributed by atoms with van der Waals surface area (Å²) in [5.74, 6) is 0. The second-order valence-corrected chi connectivity index (χ2v) is 5.01. The minimum atomic E-state index is 0.608. The second-order valence-electron chi connectivity index (χ2n) is 3.04. The molecule has 2 aromatic heterocycles. The predicted octanol–water partition coefficient (Wildman–Crippen LogP) is 2.75. The quantitative estimate of drug-likeness (QED) is 0.733. The highest BCUT2D eigenvalue weighted by Crippen LogP contribution is 2.18. The van der Waals surface area contributed by atoms with Gasteiger partial charge in [-0.3, -0.25) is 0 Å². The van der Waals surface area contributed by atoms with Crippen LogP contribution in [-0.4, -0.2) is 0 Å². The Morgan fingerprint density at radius 3 is 2.79 bits per heavy atom. The van der Waals surface area contributed by atoms with Crippen LogP contribution in [0.1, 0.15) is 10.6 Å². The van der Waals surface area contributed by atoms with Crippen molar-refractivity contribution in [2.75, 3.05) is 0 Å². The van der Waals surface area contributed by atoms with Crippen LogP contribution >= 0.6 is 22.7 Å². The smallest absolute Gasteiger partial charge is 0.293 e. The van der Waals surface area contributed by atoms with Gasteiger partial charge in [0.25, 0.3) is 6.73 Å². The molecule has 14 heavy (non-hydrogen) atoms. The summed E-state index contributed by atoms with van der Waals surface area (Å²) in [7, 11) is 0. The van der Waals surface area contributed by atoms with Gasteiger partial charge in [0.15, 0.2) is 10.8 Å². The van der Waals surface area contributed by atoms with Crippen LogP contribution < -0.4 is 9.30 Å². The van der Waals surface area contributed by atoms with Crippen molar-refractivity contribution in [3.05, 3.63) is 33.6 Å². The lowest BCUT2D eigenvalue weighted by atomic mass is 10.4. The standard InChI is InChI=1S/C10H12NOS2/c1-8-9(2)14-7-11(8)6-12-10-4-3-5-13-10/h3-5,7H,6H2,1-2H3/q+1. The summed E-state index contributed by atoms with van der Waals surface area (Å²) >= 11 is 3.38. The molecule has 0 bridgehead atoms. The lowest BCUT2D eigenvalue weighted by Gasteiger charge is -1.97. The molecule has 0 aromatic carbocycles. The van der Waals surface area contributed by atoms with Gasteiger partial charge in [-0.25, -0.2) is 0 Å². The lowest BCUT2D eigenvalue weighted by molar-refractivity contribution is -0.725. The second kappa shape index (κ2) is 4.11. The fourth-order valence-electron chi connectivity index (χ4n) is 1.12. The van der Waals surface area contributed by atoms with Crippen LogP contribution in [-0.2, 0) is 6.73 Å². The number of thiazole rings is 1. The monoisotopic (exact) mass is 226 g/mol. The van der Waals surface area contributed by atoms with Crippen LogP contribution in [0, 0.1) is 13.8 Å². The van der Waals surface area contributed by atoms with Crippen molar-refractivity contribution in [3.8, 4) is 5.06 Å². The first-order valence-electron chi connectivity index (χ1n) is 4.38. The average molecular weight is 226 g/mol. The van der Waals surface area contributed by atoms with Crippen LogP contribution in [0.15, 0.2) is 23.0 Å². The molecule has 0 aliphatic heterocycles. The third-order valence-corrected chi connectivity index (χ3v) is 3.93. The molecule has 0 aliphatic rings. The third kappa shape index (κ3) is 1.96. The molecule has 74 valence electrons. The summed E-state index contributed by atoms with van der Waals surface area (Å²) in [6.45, 7) is 4.85. The molecule has 4 heteroatoms. The van der Waals surface area contributed by atoms with Crippen molar-refractivity contribution in [1.82, 2.24) is 0 Å². The zero-order chi connectivity index (χ0) is 9.97. The number of thiophene rings is 1. The fraction of sp³-hybridized carbons (Fsp3) is 0.300. The Morgan fingerprint density at radius 1 is 1.36 bits per heavy atom. The van der Waals surface area contributed by atoms with Crippen LogP contribution in [0.4, 0.5) is 0 Å². The number of hydrogen-bond acceptors (Lipinski definition) is 3. The first kappa shape index (κ1) is 9.68. The van der Waals surface area contributed by atoms with Gasteiger partial charge < -0.3 is 4.74 Å². The summed E-state index contributed by atoms with van der Waals surface area (Å²) in [5, 5.41) is 2.99. The largest absolute Gasteiger partial charge is 0.426 e. The number of rotatable bonds is 3. The Morgan fingerprint density at radius 2 is 2.21 bits per heavy atom. The maximum Gasteiger partial charge on any atom is 0.293 e. The van der Waals surface area contributed by atoms with Crippen LogP contribution in [0.25, 0.3) is 0 Å². The Balaban J connectivity index is 2.02. The van der Waals surface area contributed by atoms with Crippen molar-refractivity contribution in [1.29, 1.82) is 0 Å². The van der Waals surface area contributed by atoms with E-state index in [2.05, 4.69) is 23.9 Å². The van der Waals surface area contributed by atoms with E-state index < -0.39 is 0 Å². The van der Waals surface area contributed by atoms with E-state index in [9.17, 15) is 0 Å². The van der Waals surface area contributed by atoms with Gasteiger partial charge in [0, 0.05) is 6.92 Å². The fourth-order valence-corrected chi connectivity index (χ4v) is 2.48. The van der Waals surface area contributed by atoms with Crippen molar-refractivity contribution in [3.63, 3.8) is 0 Å². The molecule has 0 N–H and O–H groups in total. The van der Waals surface area contributed by atoms with E-state index in [1.54, 1.807) is 22.7 Å². The Labute approximate surface area is 91.4 Å². The number of aryl methyl sites for hydroxylation is 1. The molecule has 0 unspecified atom stereocenters. The highest BCUT2D eigenvalue weighted by molar-refractivity contribution is 7.11. The first-order chi connectivity index (χ1) is 6.77. The van der Waals surface area contributed by atoms with Crippen LogP contribution in [0.5, 0.6) is 5.06 Å². The minimum absolute atomic E-state index is 0.608. The molecule has 0 saturated heterocycles. The van der Waals surface area contributed by atoms with E-state index in [0.29, 0.717) is 6.73 Å². The highest BCUT2D eigenvalue weighted by atomic mass is 32.1.